The van der Waals surface area contributed by atoms with Crippen molar-refractivity contribution in [3.63, 3.8) is 0 Å². The summed E-state index contributed by atoms with van der Waals surface area (Å²) in [7, 11) is 0. The molecular weight excluding hydrogens is 292 g/mol. The molecule has 0 spiro atoms. The maximum absolute atomic E-state index is 12.0. The van der Waals surface area contributed by atoms with Gasteiger partial charge in [0.1, 0.15) is 5.69 Å². The zero-order valence-corrected chi connectivity index (χ0v) is 12.0. The lowest BCUT2D eigenvalue weighted by atomic mass is 10.1. The number of rotatable bonds is 2. The summed E-state index contributed by atoms with van der Waals surface area (Å²) in [6.45, 7) is 0. The van der Waals surface area contributed by atoms with Crippen LogP contribution in [0.2, 0.25) is 0 Å². The Morgan fingerprint density at radius 3 is 2.91 bits per heavy atom. The predicted molar refractivity (Wildman–Crippen MR) is 86.1 cm³/mol. The van der Waals surface area contributed by atoms with Gasteiger partial charge in [-0.15, -0.1) is 5.10 Å². The van der Waals surface area contributed by atoms with Crippen molar-refractivity contribution in [2.24, 2.45) is 4.99 Å². The number of hydrogen-bond acceptors (Lipinski definition) is 6. The molecule has 4 rings (SSSR count). The van der Waals surface area contributed by atoms with Crippen molar-refractivity contribution in [3.05, 3.63) is 48.5 Å². The lowest BCUT2D eigenvalue weighted by molar-refractivity contribution is 0.100. The molecule has 0 amide bonds. The molecule has 3 aromatic rings. The smallest absolute Gasteiger partial charge is 0.180 e. The van der Waals surface area contributed by atoms with Gasteiger partial charge in [-0.3, -0.25) is 14.8 Å². The van der Waals surface area contributed by atoms with Crippen LogP contribution in [0.3, 0.4) is 0 Å². The first-order chi connectivity index (χ1) is 11.2. The highest BCUT2D eigenvalue weighted by molar-refractivity contribution is 6.10. The Morgan fingerprint density at radius 2 is 2.09 bits per heavy atom. The second-order valence-corrected chi connectivity index (χ2v) is 5.08. The molecule has 7 heteroatoms. The number of carbonyl (C=O) groups excluding carboxylic acids is 1. The maximum Gasteiger partial charge on any atom is 0.180 e. The molecule has 2 N–H and O–H groups in total. The summed E-state index contributed by atoms with van der Waals surface area (Å²) in [5.74, 6) is 0.864. The summed E-state index contributed by atoms with van der Waals surface area (Å²) in [6, 6.07) is 5.41. The quantitative estimate of drug-likeness (QED) is 0.782. The molecule has 0 unspecified atom stereocenters. The molecule has 0 atom stereocenters. The van der Waals surface area contributed by atoms with E-state index in [2.05, 4.69) is 20.1 Å². The molecule has 0 radical (unpaired) electrons. The first kappa shape index (κ1) is 13.3. The van der Waals surface area contributed by atoms with Crippen molar-refractivity contribution in [3.8, 4) is 16.9 Å². The molecule has 0 saturated heterocycles. The van der Waals surface area contributed by atoms with Crippen molar-refractivity contribution in [1.82, 2.24) is 19.7 Å². The number of nitrogens with zero attached hydrogens (tertiary/aromatic N) is 5. The third kappa shape index (κ3) is 2.18. The van der Waals surface area contributed by atoms with Gasteiger partial charge >= 0.3 is 0 Å². The number of ketones is 1. The van der Waals surface area contributed by atoms with E-state index >= 15 is 0 Å². The molecule has 1 aliphatic heterocycles. The number of Topliss-reactive ketones (excluding diaryl/α,β-unsaturated/α-hetero) is 1. The summed E-state index contributed by atoms with van der Waals surface area (Å²) in [5, 5.41) is 4.31. The SMILES string of the molecule is Nc1nn(-c2nccc3c2N=CCC3=O)cc1-c1cccnc1. The Balaban J connectivity index is 1.87. The van der Waals surface area contributed by atoms with Gasteiger partial charge in [-0.1, -0.05) is 6.07 Å². The third-order valence-electron chi connectivity index (χ3n) is 3.63. The van der Waals surface area contributed by atoms with Crippen LogP contribution < -0.4 is 5.73 Å². The van der Waals surface area contributed by atoms with Crippen LogP contribution in [-0.4, -0.2) is 31.7 Å². The fourth-order valence-electron chi connectivity index (χ4n) is 2.53. The van der Waals surface area contributed by atoms with Crippen LogP contribution in [-0.2, 0) is 0 Å². The highest BCUT2D eigenvalue weighted by Crippen LogP contribution is 2.31. The minimum absolute atomic E-state index is 0.0197. The lowest BCUT2D eigenvalue weighted by Crippen LogP contribution is -2.09. The molecule has 0 aromatic carbocycles. The number of hydrogen-bond donors (Lipinski definition) is 1. The topological polar surface area (TPSA) is 99.0 Å². The predicted octanol–water partition coefficient (Wildman–Crippen LogP) is 2.20. The van der Waals surface area contributed by atoms with E-state index in [4.69, 9.17) is 5.73 Å². The lowest BCUT2D eigenvalue weighted by Gasteiger charge is -2.11. The molecular formula is C16H12N6O. The number of nitrogens with two attached hydrogens (primary N) is 1. The monoisotopic (exact) mass is 304 g/mol. The van der Waals surface area contributed by atoms with E-state index in [0.717, 1.165) is 11.1 Å². The van der Waals surface area contributed by atoms with E-state index in [0.29, 0.717) is 29.3 Å². The average Bonchev–Trinajstić information content (AvgIpc) is 2.97. The molecule has 0 aliphatic carbocycles. The van der Waals surface area contributed by atoms with E-state index in [-0.39, 0.29) is 5.78 Å². The van der Waals surface area contributed by atoms with Gasteiger partial charge in [0.15, 0.2) is 17.4 Å². The van der Waals surface area contributed by atoms with Gasteiger partial charge in [0.2, 0.25) is 0 Å². The average molecular weight is 304 g/mol. The fourth-order valence-corrected chi connectivity index (χ4v) is 2.53. The van der Waals surface area contributed by atoms with Crippen molar-refractivity contribution in [2.75, 3.05) is 5.73 Å². The van der Waals surface area contributed by atoms with Gasteiger partial charge in [0, 0.05) is 54.1 Å². The number of anilines is 1. The molecule has 0 fully saturated rings. The molecule has 112 valence electrons. The Bertz CT molecular complexity index is 929. The standard InChI is InChI=1S/C16H12N6O/c17-15-12(10-2-1-5-18-8-10)9-22(21-15)16-14-11(3-6-20-16)13(23)4-7-19-14/h1-3,5-9H,4H2,(H2,17,21). The van der Waals surface area contributed by atoms with Crippen LogP contribution in [0.25, 0.3) is 16.9 Å². The number of nitrogen functional groups attached to an aromatic ring is 1. The molecule has 0 bridgehead atoms. The Morgan fingerprint density at radius 1 is 1.17 bits per heavy atom. The molecule has 1 aliphatic rings. The third-order valence-corrected chi connectivity index (χ3v) is 3.63. The van der Waals surface area contributed by atoms with E-state index < -0.39 is 0 Å². The normalized spacial score (nSPS) is 13.1. The van der Waals surface area contributed by atoms with Crippen LogP contribution in [0.4, 0.5) is 11.5 Å². The van der Waals surface area contributed by atoms with Crippen molar-refractivity contribution >= 4 is 23.5 Å². The minimum atomic E-state index is 0.0197. The number of aromatic nitrogens is 4. The van der Waals surface area contributed by atoms with Crippen LogP contribution in [0, 0.1) is 0 Å². The maximum atomic E-state index is 12.0. The molecule has 7 nitrogen and oxygen atoms in total. The van der Waals surface area contributed by atoms with Gasteiger partial charge in [-0.2, -0.15) is 0 Å². The van der Waals surface area contributed by atoms with Gasteiger partial charge in [-0.25, -0.2) is 9.67 Å². The molecule has 0 saturated carbocycles. The van der Waals surface area contributed by atoms with Crippen LogP contribution in [0.15, 0.2) is 48.0 Å². The van der Waals surface area contributed by atoms with E-state index in [9.17, 15) is 4.79 Å². The zero-order chi connectivity index (χ0) is 15.8. The van der Waals surface area contributed by atoms with Crippen molar-refractivity contribution in [2.45, 2.75) is 6.42 Å². The second-order valence-electron chi connectivity index (χ2n) is 5.08. The number of carbonyl (C=O) groups is 1. The van der Waals surface area contributed by atoms with Crippen LogP contribution >= 0.6 is 0 Å². The molecule has 4 heterocycles. The summed E-state index contributed by atoms with van der Waals surface area (Å²) >= 11 is 0. The minimum Gasteiger partial charge on any atom is -0.382 e. The number of fused-ring (bicyclic) bond motifs is 1. The van der Waals surface area contributed by atoms with Gasteiger partial charge in [-0.05, 0) is 12.1 Å². The fraction of sp³-hybridized carbons (Fsp3) is 0.0625. The van der Waals surface area contributed by atoms with Crippen LogP contribution in [0.5, 0.6) is 0 Å². The summed E-state index contributed by atoms with van der Waals surface area (Å²) in [5.41, 5.74) is 8.70. The van der Waals surface area contributed by atoms with Gasteiger partial charge in [0.05, 0.1) is 0 Å². The highest BCUT2D eigenvalue weighted by Gasteiger charge is 2.20. The van der Waals surface area contributed by atoms with Gasteiger partial charge in [0.25, 0.3) is 0 Å². The first-order valence-corrected chi connectivity index (χ1v) is 7.04. The zero-order valence-electron chi connectivity index (χ0n) is 12.0. The molecule has 23 heavy (non-hydrogen) atoms. The Hall–Kier alpha value is -3.35. The summed E-state index contributed by atoms with van der Waals surface area (Å²) < 4.78 is 1.55. The second kappa shape index (κ2) is 5.13. The Labute approximate surface area is 131 Å². The summed E-state index contributed by atoms with van der Waals surface area (Å²) in [4.78, 5) is 24.7. The summed E-state index contributed by atoms with van der Waals surface area (Å²) in [6.07, 6.45) is 8.65. The molecule has 3 aromatic heterocycles. The largest absolute Gasteiger partial charge is 0.382 e. The number of pyridine rings is 2. The van der Waals surface area contributed by atoms with E-state index in [1.54, 1.807) is 41.8 Å². The Kier molecular flexibility index (Phi) is 2.97. The highest BCUT2D eigenvalue weighted by atomic mass is 16.1. The van der Waals surface area contributed by atoms with Crippen molar-refractivity contribution in [1.29, 1.82) is 0 Å². The van der Waals surface area contributed by atoms with E-state index in [1.165, 1.54) is 0 Å². The number of aliphatic imine (C=N–C) groups is 1. The van der Waals surface area contributed by atoms with E-state index in [1.807, 2.05) is 12.1 Å². The van der Waals surface area contributed by atoms with Crippen molar-refractivity contribution < 1.29 is 4.79 Å². The first-order valence-electron chi connectivity index (χ1n) is 7.04. The van der Waals surface area contributed by atoms with Gasteiger partial charge < -0.3 is 5.73 Å². The van der Waals surface area contributed by atoms with Crippen LogP contribution in [0.1, 0.15) is 16.8 Å².